The number of benzene rings is 3. The van der Waals surface area contributed by atoms with Crippen molar-refractivity contribution < 1.29 is 9.53 Å². The van der Waals surface area contributed by atoms with Gasteiger partial charge in [-0.3, -0.25) is 4.79 Å². The molecule has 6 nitrogen and oxygen atoms in total. The summed E-state index contributed by atoms with van der Waals surface area (Å²) in [5.74, 6) is 0.337. The highest BCUT2D eigenvalue weighted by molar-refractivity contribution is 6.13. The van der Waals surface area contributed by atoms with Crippen molar-refractivity contribution in [3.05, 3.63) is 78.4 Å². The highest BCUT2D eigenvalue weighted by atomic mass is 16.5. The van der Waals surface area contributed by atoms with E-state index in [1.54, 1.807) is 7.11 Å². The van der Waals surface area contributed by atoms with Crippen molar-refractivity contribution in [2.24, 2.45) is 12.8 Å². The van der Waals surface area contributed by atoms with Gasteiger partial charge in [-0.2, -0.15) is 0 Å². The third kappa shape index (κ3) is 3.99. The molecular weight excluding hydrogens is 460 g/mol. The van der Waals surface area contributed by atoms with Gasteiger partial charge >= 0.3 is 0 Å². The SMILES string of the molecule is COc1ccc(-c2nc(-c3cc(N4CCCCC4)ccc3C(N)=O)cc3c4ccccc4n(C)c23)cc1. The fourth-order valence-corrected chi connectivity index (χ4v) is 5.59. The molecule has 0 atom stereocenters. The van der Waals surface area contributed by atoms with Gasteiger partial charge in [0.2, 0.25) is 5.91 Å². The number of ether oxygens (including phenoxy) is 1. The van der Waals surface area contributed by atoms with E-state index in [9.17, 15) is 4.79 Å². The Balaban J connectivity index is 1.64. The predicted molar refractivity (Wildman–Crippen MR) is 150 cm³/mol. The maximum Gasteiger partial charge on any atom is 0.249 e. The minimum Gasteiger partial charge on any atom is -0.497 e. The van der Waals surface area contributed by atoms with E-state index in [1.807, 2.05) is 36.4 Å². The molecule has 3 heterocycles. The lowest BCUT2D eigenvalue weighted by Gasteiger charge is -2.29. The number of primary amides is 1. The second-order valence-electron chi connectivity index (χ2n) is 9.70. The molecule has 1 aliphatic rings. The van der Waals surface area contributed by atoms with Crippen LogP contribution >= 0.6 is 0 Å². The number of nitrogens with zero attached hydrogens (tertiary/aromatic N) is 3. The Labute approximate surface area is 216 Å². The van der Waals surface area contributed by atoms with E-state index in [1.165, 1.54) is 19.3 Å². The zero-order valence-electron chi connectivity index (χ0n) is 21.2. The highest BCUT2D eigenvalue weighted by Crippen LogP contribution is 2.39. The third-order valence-electron chi connectivity index (χ3n) is 7.51. The number of carbonyl (C=O) groups excluding carboxylic acids is 1. The topological polar surface area (TPSA) is 73.4 Å². The zero-order chi connectivity index (χ0) is 25.5. The van der Waals surface area contributed by atoms with E-state index in [-0.39, 0.29) is 0 Å². The first-order valence-corrected chi connectivity index (χ1v) is 12.8. The summed E-state index contributed by atoms with van der Waals surface area (Å²) in [7, 11) is 3.74. The molecule has 6 heteroatoms. The number of hydrogen-bond acceptors (Lipinski definition) is 4. The van der Waals surface area contributed by atoms with E-state index in [0.717, 1.165) is 68.8 Å². The number of aromatic nitrogens is 2. The Bertz CT molecular complexity index is 1630. The number of pyridine rings is 1. The number of anilines is 1. The van der Waals surface area contributed by atoms with Crippen molar-refractivity contribution in [3.63, 3.8) is 0 Å². The largest absolute Gasteiger partial charge is 0.497 e. The van der Waals surface area contributed by atoms with E-state index in [0.29, 0.717) is 5.56 Å². The quantitative estimate of drug-likeness (QED) is 0.320. The monoisotopic (exact) mass is 490 g/mol. The lowest BCUT2D eigenvalue weighted by Crippen LogP contribution is -2.29. The van der Waals surface area contributed by atoms with Crippen molar-refractivity contribution in [1.29, 1.82) is 0 Å². The van der Waals surface area contributed by atoms with Gasteiger partial charge < -0.3 is 19.9 Å². The van der Waals surface area contributed by atoms with Crippen molar-refractivity contribution in [3.8, 4) is 28.3 Å². The fourth-order valence-electron chi connectivity index (χ4n) is 5.59. The molecule has 6 rings (SSSR count). The summed E-state index contributed by atoms with van der Waals surface area (Å²) in [5.41, 5.74) is 13.0. The van der Waals surface area contributed by atoms with Gasteiger partial charge in [0.25, 0.3) is 0 Å². The average Bonchev–Trinajstić information content (AvgIpc) is 3.24. The molecule has 2 aromatic heterocycles. The number of carbonyl (C=O) groups is 1. The molecule has 186 valence electrons. The van der Waals surface area contributed by atoms with Crippen LogP contribution in [-0.2, 0) is 7.05 Å². The number of nitrogens with two attached hydrogens (primary N) is 1. The summed E-state index contributed by atoms with van der Waals surface area (Å²) < 4.78 is 7.58. The molecule has 5 aromatic rings. The summed E-state index contributed by atoms with van der Waals surface area (Å²) in [5, 5.41) is 2.24. The average molecular weight is 491 g/mol. The smallest absolute Gasteiger partial charge is 0.249 e. The van der Waals surface area contributed by atoms with Gasteiger partial charge in [0.1, 0.15) is 5.75 Å². The predicted octanol–water partition coefficient (Wildman–Crippen LogP) is 6.16. The van der Waals surface area contributed by atoms with Crippen molar-refractivity contribution in [2.45, 2.75) is 19.3 Å². The van der Waals surface area contributed by atoms with Gasteiger partial charge in [-0.1, -0.05) is 18.2 Å². The molecule has 1 amide bonds. The number of rotatable bonds is 5. The molecular formula is C31H30N4O2. The standard InChI is InChI=1S/C31H30N4O2/c1-34-28-9-5-4-8-23(28)26-19-27(33-29(30(26)34)20-10-13-22(37-2)14-11-20)25-18-21(12-15-24(25)31(32)36)35-16-6-3-7-17-35/h4-5,8-15,18-19H,3,6-7,16-17H2,1-2H3,(H2,32,36). The Hall–Kier alpha value is -4.32. The maximum absolute atomic E-state index is 12.6. The van der Waals surface area contributed by atoms with Crippen LogP contribution in [0.1, 0.15) is 29.6 Å². The Kier molecular flexibility index (Phi) is 5.80. The molecule has 0 spiro atoms. The van der Waals surface area contributed by atoms with Gasteiger partial charge in [0.05, 0.1) is 24.0 Å². The van der Waals surface area contributed by atoms with E-state index >= 15 is 0 Å². The molecule has 2 N–H and O–H groups in total. The molecule has 0 unspecified atom stereocenters. The molecule has 0 bridgehead atoms. The number of amides is 1. The molecule has 3 aromatic carbocycles. The number of para-hydroxylation sites is 1. The summed E-state index contributed by atoms with van der Waals surface area (Å²) in [6, 6.07) is 24.4. The zero-order valence-corrected chi connectivity index (χ0v) is 21.2. The maximum atomic E-state index is 12.6. The van der Waals surface area contributed by atoms with Crippen LogP contribution < -0.4 is 15.4 Å². The second kappa shape index (κ2) is 9.28. The first kappa shape index (κ1) is 23.1. The molecule has 0 saturated carbocycles. The minimum atomic E-state index is -0.453. The van der Waals surface area contributed by atoms with Gasteiger partial charge in [-0.15, -0.1) is 0 Å². The van der Waals surface area contributed by atoms with Crippen LogP contribution in [0.3, 0.4) is 0 Å². The van der Waals surface area contributed by atoms with Gasteiger partial charge in [0.15, 0.2) is 0 Å². The Morgan fingerprint density at radius 3 is 2.41 bits per heavy atom. The first-order chi connectivity index (χ1) is 18.0. The summed E-state index contributed by atoms with van der Waals surface area (Å²) >= 11 is 0. The number of fused-ring (bicyclic) bond motifs is 3. The van der Waals surface area contributed by atoms with Gasteiger partial charge in [-0.05, 0) is 73.9 Å². The number of piperidine rings is 1. The van der Waals surface area contributed by atoms with Crippen LogP contribution in [0, 0.1) is 0 Å². The van der Waals surface area contributed by atoms with Crippen molar-refractivity contribution >= 4 is 33.4 Å². The number of aryl methyl sites for hydroxylation is 1. The Morgan fingerprint density at radius 1 is 0.919 bits per heavy atom. The van der Waals surface area contributed by atoms with Crippen molar-refractivity contribution in [2.75, 3.05) is 25.1 Å². The van der Waals surface area contributed by atoms with E-state index < -0.39 is 5.91 Å². The number of methoxy groups -OCH3 is 1. The number of hydrogen-bond donors (Lipinski definition) is 1. The summed E-state index contributed by atoms with van der Waals surface area (Å²) in [4.78, 5) is 20.1. The highest BCUT2D eigenvalue weighted by Gasteiger charge is 2.21. The molecule has 37 heavy (non-hydrogen) atoms. The van der Waals surface area contributed by atoms with Crippen LogP contribution in [0.5, 0.6) is 5.75 Å². The van der Waals surface area contributed by atoms with Crippen LogP contribution in [0.2, 0.25) is 0 Å². The molecule has 1 saturated heterocycles. The first-order valence-electron chi connectivity index (χ1n) is 12.8. The third-order valence-corrected chi connectivity index (χ3v) is 7.51. The Morgan fingerprint density at radius 2 is 1.68 bits per heavy atom. The van der Waals surface area contributed by atoms with Gasteiger partial charge in [-0.25, -0.2) is 4.98 Å². The molecule has 1 aliphatic heterocycles. The lowest BCUT2D eigenvalue weighted by atomic mass is 9.98. The van der Waals surface area contributed by atoms with Crippen LogP contribution in [0.15, 0.2) is 72.8 Å². The van der Waals surface area contributed by atoms with Gasteiger partial charge in [0, 0.05) is 58.8 Å². The summed E-state index contributed by atoms with van der Waals surface area (Å²) in [6.45, 7) is 2.03. The minimum absolute atomic E-state index is 0.453. The lowest BCUT2D eigenvalue weighted by molar-refractivity contribution is 0.100. The van der Waals surface area contributed by atoms with Crippen LogP contribution in [-0.4, -0.2) is 35.7 Å². The molecule has 0 radical (unpaired) electrons. The van der Waals surface area contributed by atoms with E-state index in [2.05, 4.69) is 52.9 Å². The fraction of sp³-hybridized carbons (Fsp3) is 0.226. The van der Waals surface area contributed by atoms with Crippen LogP contribution in [0.4, 0.5) is 5.69 Å². The van der Waals surface area contributed by atoms with E-state index in [4.69, 9.17) is 15.5 Å². The molecule has 0 aliphatic carbocycles. The normalized spacial score (nSPS) is 13.8. The van der Waals surface area contributed by atoms with Crippen LogP contribution in [0.25, 0.3) is 44.3 Å². The second-order valence-corrected chi connectivity index (χ2v) is 9.70. The summed E-state index contributed by atoms with van der Waals surface area (Å²) in [6.07, 6.45) is 3.61. The molecule has 1 fully saturated rings. The van der Waals surface area contributed by atoms with Crippen molar-refractivity contribution in [1.82, 2.24) is 9.55 Å².